The van der Waals surface area contributed by atoms with Gasteiger partial charge in [-0.25, -0.2) is 0 Å². The van der Waals surface area contributed by atoms with Gasteiger partial charge in [0.05, 0.1) is 12.8 Å². The lowest BCUT2D eigenvalue weighted by atomic mass is 10.2. The Morgan fingerprint density at radius 2 is 2.14 bits per heavy atom. The molecule has 0 saturated carbocycles. The number of esters is 1. The van der Waals surface area contributed by atoms with E-state index in [0.717, 1.165) is 0 Å². The molecule has 0 aromatic heterocycles. The largest absolute Gasteiger partial charge is 0.469 e. The van der Waals surface area contributed by atoms with Gasteiger partial charge in [0.25, 0.3) is 0 Å². The molecule has 1 aromatic rings. The summed E-state index contributed by atoms with van der Waals surface area (Å²) in [7, 11) is 1.33. The van der Waals surface area contributed by atoms with Crippen LogP contribution in [0.15, 0.2) is 29.4 Å². The third-order valence-electron chi connectivity index (χ3n) is 2.56. The van der Waals surface area contributed by atoms with Crippen molar-refractivity contribution >= 4 is 45.8 Å². The number of hydrogen-bond donors (Lipinski definition) is 1. The first-order chi connectivity index (χ1) is 10.1. The molecule has 0 spiro atoms. The molecule has 21 heavy (non-hydrogen) atoms. The maximum Gasteiger partial charge on any atom is 0.305 e. The van der Waals surface area contributed by atoms with Crippen molar-refractivity contribution < 1.29 is 14.3 Å². The second kappa shape index (κ2) is 9.41. The molecule has 0 fully saturated rings. The number of methoxy groups -OCH3 is 1. The first kappa shape index (κ1) is 17.5. The zero-order valence-corrected chi connectivity index (χ0v) is 13.5. The summed E-state index contributed by atoms with van der Waals surface area (Å²) in [5, 5.41) is 5.03. The highest BCUT2D eigenvalue weighted by Crippen LogP contribution is 2.15. The minimum absolute atomic E-state index is 0.110. The van der Waals surface area contributed by atoms with Crippen molar-refractivity contribution in [2.75, 3.05) is 18.8 Å². The SMILES string of the molecule is COC(=O)CCCC(=O)/C(=N\Nc1cccc(Cl)c1)SC. The zero-order chi connectivity index (χ0) is 15.7. The lowest BCUT2D eigenvalue weighted by Crippen LogP contribution is -2.12. The van der Waals surface area contributed by atoms with Crippen molar-refractivity contribution in [2.24, 2.45) is 5.10 Å². The van der Waals surface area contributed by atoms with Crippen LogP contribution in [-0.2, 0) is 14.3 Å². The normalized spacial score (nSPS) is 11.1. The van der Waals surface area contributed by atoms with Crippen molar-refractivity contribution in [3.8, 4) is 0 Å². The Balaban J connectivity index is 2.54. The van der Waals surface area contributed by atoms with E-state index in [1.807, 2.05) is 0 Å². The molecule has 114 valence electrons. The fourth-order valence-corrected chi connectivity index (χ4v) is 2.15. The van der Waals surface area contributed by atoms with E-state index < -0.39 is 0 Å². The van der Waals surface area contributed by atoms with E-state index in [9.17, 15) is 9.59 Å². The summed E-state index contributed by atoms with van der Waals surface area (Å²) in [6.45, 7) is 0. The van der Waals surface area contributed by atoms with Crippen LogP contribution in [0.1, 0.15) is 19.3 Å². The number of ketones is 1. The van der Waals surface area contributed by atoms with E-state index in [1.165, 1.54) is 18.9 Å². The molecule has 0 atom stereocenters. The molecule has 0 aliphatic heterocycles. The van der Waals surface area contributed by atoms with Crippen LogP contribution in [0.25, 0.3) is 0 Å². The quantitative estimate of drug-likeness (QED) is 0.360. The average molecular weight is 329 g/mol. The highest BCUT2D eigenvalue weighted by Gasteiger charge is 2.11. The van der Waals surface area contributed by atoms with Crippen LogP contribution in [0, 0.1) is 0 Å². The molecule has 0 radical (unpaired) electrons. The van der Waals surface area contributed by atoms with Crippen molar-refractivity contribution in [2.45, 2.75) is 19.3 Å². The lowest BCUT2D eigenvalue weighted by Gasteiger charge is -2.05. The number of halogens is 1. The average Bonchev–Trinajstić information content (AvgIpc) is 2.47. The molecule has 1 N–H and O–H groups in total. The minimum Gasteiger partial charge on any atom is -0.469 e. The number of thioether (sulfide) groups is 1. The molecular formula is C14H17ClN2O3S. The minimum atomic E-state index is -0.317. The molecule has 1 aromatic carbocycles. The van der Waals surface area contributed by atoms with Gasteiger partial charge in [-0.15, -0.1) is 11.8 Å². The van der Waals surface area contributed by atoms with E-state index in [1.54, 1.807) is 30.5 Å². The summed E-state index contributed by atoms with van der Waals surface area (Å²) < 4.78 is 4.52. The Labute approximate surface area is 133 Å². The molecular weight excluding hydrogens is 312 g/mol. The number of carbonyl (C=O) groups excluding carboxylic acids is 2. The van der Waals surface area contributed by atoms with Crippen molar-refractivity contribution in [1.82, 2.24) is 0 Å². The number of hydrogen-bond acceptors (Lipinski definition) is 6. The van der Waals surface area contributed by atoms with Crippen LogP contribution in [-0.4, -0.2) is 30.2 Å². The summed E-state index contributed by atoms with van der Waals surface area (Å²) in [6, 6.07) is 7.06. The number of ether oxygens (including phenoxy) is 1. The summed E-state index contributed by atoms with van der Waals surface area (Å²) >= 11 is 7.12. The Morgan fingerprint density at radius 3 is 2.76 bits per heavy atom. The summed E-state index contributed by atoms with van der Waals surface area (Å²) in [6.07, 6.45) is 2.70. The van der Waals surface area contributed by atoms with Gasteiger partial charge in [0.1, 0.15) is 0 Å². The van der Waals surface area contributed by atoms with Gasteiger partial charge in [-0.05, 0) is 30.9 Å². The van der Waals surface area contributed by atoms with Gasteiger partial charge in [-0.2, -0.15) is 5.10 Å². The second-order valence-corrected chi connectivity index (χ2v) is 5.33. The molecule has 0 aliphatic rings. The van der Waals surface area contributed by atoms with Gasteiger partial charge in [0.15, 0.2) is 10.8 Å². The van der Waals surface area contributed by atoms with Crippen LogP contribution >= 0.6 is 23.4 Å². The fraction of sp³-hybridized carbons (Fsp3) is 0.357. The third-order valence-corrected chi connectivity index (χ3v) is 3.50. The van der Waals surface area contributed by atoms with Crippen molar-refractivity contribution in [3.05, 3.63) is 29.3 Å². The van der Waals surface area contributed by atoms with Gasteiger partial charge in [-0.1, -0.05) is 17.7 Å². The highest BCUT2D eigenvalue weighted by atomic mass is 35.5. The van der Waals surface area contributed by atoms with Gasteiger partial charge in [0, 0.05) is 17.9 Å². The number of hydrazone groups is 1. The Morgan fingerprint density at radius 1 is 1.38 bits per heavy atom. The number of nitrogens with zero attached hydrogens (tertiary/aromatic N) is 1. The van der Waals surface area contributed by atoms with Crippen molar-refractivity contribution in [1.29, 1.82) is 0 Å². The highest BCUT2D eigenvalue weighted by molar-refractivity contribution is 8.15. The van der Waals surface area contributed by atoms with Gasteiger partial charge < -0.3 is 4.74 Å². The van der Waals surface area contributed by atoms with E-state index in [0.29, 0.717) is 22.2 Å². The van der Waals surface area contributed by atoms with Gasteiger partial charge in [0.2, 0.25) is 0 Å². The van der Waals surface area contributed by atoms with Crippen LogP contribution in [0.2, 0.25) is 5.02 Å². The Bertz CT molecular complexity index is 535. The summed E-state index contributed by atoms with van der Waals surface area (Å²) in [4.78, 5) is 22.9. The van der Waals surface area contributed by atoms with E-state index >= 15 is 0 Å². The maximum absolute atomic E-state index is 12.0. The van der Waals surface area contributed by atoms with Crippen molar-refractivity contribution in [3.63, 3.8) is 0 Å². The number of anilines is 1. The van der Waals surface area contributed by atoms with Gasteiger partial charge >= 0.3 is 5.97 Å². The van der Waals surface area contributed by atoms with Crippen LogP contribution in [0.5, 0.6) is 0 Å². The standard InChI is InChI=1S/C14H17ClN2O3S/c1-20-13(19)8-4-7-12(18)14(21-2)17-16-11-6-3-5-10(15)9-11/h3,5-6,9,16H,4,7-8H2,1-2H3/b17-14+. The lowest BCUT2D eigenvalue weighted by molar-refractivity contribution is -0.140. The van der Waals surface area contributed by atoms with Crippen LogP contribution < -0.4 is 5.43 Å². The smallest absolute Gasteiger partial charge is 0.305 e. The molecule has 5 nitrogen and oxygen atoms in total. The Hall–Kier alpha value is -1.53. The zero-order valence-electron chi connectivity index (χ0n) is 11.9. The fourth-order valence-electron chi connectivity index (χ4n) is 1.50. The molecule has 0 heterocycles. The predicted octanol–water partition coefficient (Wildman–Crippen LogP) is 3.34. The molecule has 7 heteroatoms. The number of benzene rings is 1. The first-order valence-electron chi connectivity index (χ1n) is 6.30. The number of nitrogens with one attached hydrogen (secondary N) is 1. The summed E-state index contributed by atoms with van der Waals surface area (Å²) in [5.41, 5.74) is 3.50. The van der Waals surface area contributed by atoms with Crippen LogP contribution in [0.4, 0.5) is 5.69 Å². The van der Waals surface area contributed by atoms with Gasteiger partial charge in [-0.3, -0.25) is 15.0 Å². The van der Waals surface area contributed by atoms with E-state index in [-0.39, 0.29) is 24.6 Å². The number of rotatable bonds is 7. The third kappa shape index (κ3) is 6.64. The predicted molar refractivity (Wildman–Crippen MR) is 86.9 cm³/mol. The number of carbonyl (C=O) groups is 2. The molecule has 0 saturated heterocycles. The Kier molecular flexibility index (Phi) is 7.85. The monoisotopic (exact) mass is 328 g/mol. The molecule has 1 rings (SSSR count). The molecule has 0 bridgehead atoms. The summed E-state index contributed by atoms with van der Waals surface area (Å²) in [5.74, 6) is -0.427. The van der Waals surface area contributed by atoms with Crippen LogP contribution in [0.3, 0.4) is 0 Å². The maximum atomic E-state index is 12.0. The molecule has 0 amide bonds. The van der Waals surface area contributed by atoms with E-state index in [2.05, 4.69) is 15.3 Å². The van der Waals surface area contributed by atoms with E-state index in [4.69, 9.17) is 11.6 Å². The molecule has 0 aliphatic carbocycles. The topological polar surface area (TPSA) is 67.8 Å². The molecule has 0 unspecified atom stereocenters. The first-order valence-corrected chi connectivity index (χ1v) is 7.90. The number of Topliss-reactive ketones (excluding diaryl/α,β-unsaturated/α-hetero) is 1. The second-order valence-electron chi connectivity index (χ2n) is 4.10.